The highest BCUT2D eigenvalue weighted by molar-refractivity contribution is 7.89. The van der Waals surface area contributed by atoms with Crippen LogP contribution >= 0.6 is 11.6 Å². The number of benzene rings is 1. The summed E-state index contributed by atoms with van der Waals surface area (Å²) in [4.78, 5) is 10.4. The number of nitrogens with one attached hydrogen (secondary N) is 1. The average Bonchev–Trinajstić information content (AvgIpc) is 2.32. The first kappa shape index (κ1) is 15.9. The molecule has 0 aliphatic heterocycles. The average molecular weight is 310 g/mol. The second kappa shape index (κ2) is 6.31. The molecule has 0 radical (unpaired) electrons. The minimum Gasteiger partial charge on any atom is -0.481 e. The molecular formula is C11H13ClFNO4S. The number of carboxylic acid groups (broad SMARTS) is 1. The molecule has 8 heteroatoms. The van der Waals surface area contributed by atoms with Gasteiger partial charge in [0.05, 0.1) is 15.8 Å². The standard InChI is InChI=1S/C11H13ClFNO4S/c1-7(11(15)16)4-5-14-19(17,18)8-2-3-10(13)9(12)6-8/h2-3,6-7,14H,4-5H2,1H3,(H,15,16). The van der Waals surface area contributed by atoms with Crippen molar-refractivity contribution in [3.8, 4) is 0 Å². The van der Waals surface area contributed by atoms with Crippen molar-refractivity contribution >= 4 is 27.6 Å². The van der Waals surface area contributed by atoms with Gasteiger partial charge in [0.1, 0.15) is 5.82 Å². The molecule has 0 aliphatic carbocycles. The van der Waals surface area contributed by atoms with E-state index >= 15 is 0 Å². The molecule has 1 aromatic rings. The van der Waals surface area contributed by atoms with Gasteiger partial charge < -0.3 is 5.11 Å². The molecule has 0 aliphatic rings. The Morgan fingerprint density at radius 2 is 2.16 bits per heavy atom. The highest BCUT2D eigenvalue weighted by atomic mass is 35.5. The summed E-state index contributed by atoms with van der Waals surface area (Å²) in [7, 11) is -3.81. The molecule has 1 aromatic carbocycles. The molecule has 0 heterocycles. The van der Waals surface area contributed by atoms with Crippen molar-refractivity contribution in [1.29, 1.82) is 0 Å². The van der Waals surface area contributed by atoms with E-state index in [-0.39, 0.29) is 22.9 Å². The molecule has 0 saturated heterocycles. The number of aliphatic carboxylic acids is 1. The van der Waals surface area contributed by atoms with E-state index in [9.17, 15) is 17.6 Å². The molecule has 19 heavy (non-hydrogen) atoms. The Bertz CT molecular complexity index is 576. The number of hydrogen-bond donors (Lipinski definition) is 2. The van der Waals surface area contributed by atoms with Gasteiger partial charge in [-0.25, -0.2) is 17.5 Å². The fraction of sp³-hybridized carbons (Fsp3) is 0.364. The lowest BCUT2D eigenvalue weighted by molar-refractivity contribution is -0.141. The fourth-order valence-corrected chi connectivity index (χ4v) is 2.58. The zero-order chi connectivity index (χ0) is 14.6. The van der Waals surface area contributed by atoms with Crippen LogP contribution in [0.25, 0.3) is 0 Å². The summed E-state index contributed by atoms with van der Waals surface area (Å²) < 4.78 is 38.8. The zero-order valence-corrected chi connectivity index (χ0v) is 11.6. The highest BCUT2D eigenvalue weighted by Gasteiger charge is 2.17. The van der Waals surface area contributed by atoms with Gasteiger partial charge in [-0.15, -0.1) is 0 Å². The number of carbonyl (C=O) groups is 1. The van der Waals surface area contributed by atoms with Gasteiger partial charge in [0.15, 0.2) is 0 Å². The summed E-state index contributed by atoms with van der Waals surface area (Å²) in [5.41, 5.74) is 0. The van der Waals surface area contributed by atoms with Gasteiger partial charge in [-0.3, -0.25) is 4.79 Å². The molecule has 1 rings (SSSR count). The van der Waals surface area contributed by atoms with E-state index < -0.39 is 27.7 Å². The Labute approximate surface area is 115 Å². The second-order valence-electron chi connectivity index (χ2n) is 4.00. The minimum absolute atomic E-state index is 0.0230. The fourth-order valence-electron chi connectivity index (χ4n) is 1.26. The molecule has 0 spiro atoms. The lowest BCUT2D eigenvalue weighted by Crippen LogP contribution is -2.27. The van der Waals surface area contributed by atoms with Crippen LogP contribution < -0.4 is 4.72 Å². The molecule has 1 unspecified atom stereocenters. The number of halogens is 2. The van der Waals surface area contributed by atoms with Crippen LogP contribution in [0.5, 0.6) is 0 Å². The summed E-state index contributed by atoms with van der Waals surface area (Å²) in [5, 5.41) is 8.37. The van der Waals surface area contributed by atoms with Crippen LogP contribution in [0, 0.1) is 11.7 Å². The topological polar surface area (TPSA) is 83.5 Å². The van der Waals surface area contributed by atoms with Gasteiger partial charge in [0, 0.05) is 6.54 Å². The van der Waals surface area contributed by atoms with Crippen LogP contribution in [-0.2, 0) is 14.8 Å². The molecule has 1 atom stereocenters. The third-order valence-corrected chi connectivity index (χ3v) is 4.24. The monoisotopic (exact) mass is 309 g/mol. The van der Waals surface area contributed by atoms with Gasteiger partial charge in [-0.05, 0) is 24.6 Å². The van der Waals surface area contributed by atoms with Gasteiger partial charge >= 0.3 is 5.97 Å². The largest absolute Gasteiger partial charge is 0.481 e. The van der Waals surface area contributed by atoms with Crippen molar-refractivity contribution in [2.45, 2.75) is 18.2 Å². The Morgan fingerprint density at radius 1 is 1.53 bits per heavy atom. The van der Waals surface area contributed by atoms with E-state index in [1.807, 2.05) is 0 Å². The molecule has 0 aromatic heterocycles. The van der Waals surface area contributed by atoms with E-state index in [0.717, 1.165) is 18.2 Å². The first-order valence-electron chi connectivity index (χ1n) is 5.41. The number of sulfonamides is 1. The summed E-state index contributed by atoms with van der Waals surface area (Å²) in [6, 6.07) is 3.04. The molecule has 0 bridgehead atoms. The van der Waals surface area contributed by atoms with Crippen molar-refractivity contribution in [3.63, 3.8) is 0 Å². The van der Waals surface area contributed by atoms with Crippen molar-refractivity contribution in [3.05, 3.63) is 29.0 Å². The quantitative estimate of drug-likeness (QED) is 0.840. The summed E-state index contributed by atoms with van der Waals surface area (Å²) >= 11 is 5.50. The third kappa shape index (κ3) is 4.45. The summed E-state index contributed by atoms with van der Waals surface area (Å²) in [6.07, 6.45) is 0.156. The van der Waals surface area contributed by atoms with Crippen LogP contribution in [0.15, 0.2) is 23.1 Å². The smallest absolute Gasteiger partial charge is 0.306 e. The van der Waals surface area contributed by atoms with Crippen LogP contribution in [0.2, 0.25) is 5.02 Å². The van der Waals surface area contributed by atoms with E-state index in [1.54, 1.807) is 0 Å². The first-order chi connectivity index (χ1) is 8.74. The van der Waals surface area contributed by atoms with Crippen molar-refractivity contribution in [2.75, 3.05) is 6.54 Å². The maximum Gasteiger partial charge on any atom is 0.306 e. The van der Waals surface area contributed by atoms with E-state index in [1.165, 1.54) is 6.92 Å². The van der Waals surface area contributed by atoms with Crippen LogP contribution in [0.4, 0.5) is 4.39 Å². The molecule has 5 nitrogen and oxygen atoms in total. The lowest BCUT2D eigenvalue weighted by Gasteiger charge is -2.09. The number of rotatable bonds is 6. The van der Waals surface area contributed by atoms with Crippen molar-refractivity contribution < 1.29 is 22.7 Å². The molecular weight excluding hydrogens is 297 g/mol. The second-order valence-corrected chi connectivity index (χ2v) is 6.18. The molecule has 2 N–H and O–H groups in total. The molecule has 0 saturated carbocycles. The predicted molar refractivity (Wildman–Crippen MR) is 68.0 cm³/mol. The summed E-state index contributed by atoms with van der Waals surface area (Å²) in [5.74, 6) is -2.36. The van der Waals surface area contributed by atoms with E-state index in [4.69, 9.17) is 16.7 Å². The van der Waals surface area contributed by atoms with Gasteiger partial charge in [-0.2, -0.15) is 0 Å². The Morgan fingerprint density at radius 3 is 2.68 bits per heavy atom. The Kier molecular flexibility index (Phi) is 5.28. The normalized spacial score (nSPS) is 13.2. The predicted octanol–water partition coefficient (Wildman–Crippen LogP) is 1.87. The van der Waals surface area contributed by atoms with Gasteiger partial charge in [0.2, 0.25) is 10.0 Å². The Balaban J connectivity index is 2.71. The summed E-state index contributed by atoms with van der Waals surface area (Å²) in [6.45, 7) is 1.45. The minimum atomic E-state index is -3.81. The van der Waals surface area contributed by atoms with Crippen LogP contribution in [0.1, 0.15) is 13.3 Å². The SMILES string of the molecule is CC(CCNS(=O)(=O)c1ccc(F)c(Cl)c1)C(=O)O. The maximum atomic E-state index is 12.9. The number of carboxylic acids is 1. The molecule has 0 fully saturated rings. The van der Waals surface area contributed by atoms with Crippen LogP contribution in [0.3, 0.4) is 0 Å². The van der Waals surface area contributed by atoms with Crippen molar-refractivity contribution in [2.24, 2.45) is 5.92 Å². The van der Waals surface area contributed by atoms with Gasteiger partial charge in [0.25, 0.3) is 0 Å². The maximum absolute atomic E-state index is 12.9. The third-order valence-electron chi connectivity index (χ3n) is 2.49. The zero-order valence-electron chi connectivity index (χ0n) is 10.1. The first-order valence-corrected chi connectivity index (χ1v) is 7.27. The molecule has 106 valence electrons. The van der Waals surface area contributed by atoms with Crippen molar-refractivity contribution in [1.82, 2.24) is 4.72 Å². The van der Waals surface area contributed by atoms with Gasteiger partial charge in [-0.1, -0.05) is 18.5 Å². The Hall–Kier alpha value is -1.18. The van der Waals surface area contributed by atoms with Crippen LogP contribution in [-0.4, -0.2) is 26.0 Å². The molecule has 0 amide bonds. The van der Waals surface area contributed by atoms with E-state index in [2.05, 4.69) is 4.72 Å². The highest BCUT2D eigenvalue weighted by Crippen LogP contribution is 2.19. The van der Waals surface area contributed by atoms with E-state index in [0.29, 0.717) is 0 Å². The number of hydrogen-bond acceptors (Lipinski definition) is 3. The lowest BCUT2D eigenvalue weighted by atomic mass is 10.1.